The standard InChI is InChI=1S/C13H22N4O/c1-17-9-3-2-4-11(17)10-13(18)16-6-5-12-14-7-8-15-12/h7-8,11H,2-6,9-10H2,1H3,(H,14,15)(H,16,18). The zero-order valence-electron chi connectivity index (χ0n) is 11.0. The van der Waals surface area contributed by atoms with Gasteiger partial charge >= 0.3 is 0 Å². The predicted octanol–water partition coefficient (Wildman–Crippen LogP) is 0.943. The molecule has 100 valence electrons. The van der Waals surface area contributed by atoms with E-state index in [0.717, 1.165) is 25.2 Å². The summed E-state index contributed by atoms with van der Waals surface area (Å²) in [5.41, 5.74) is 0. The maximum Gasteiger partial charge on any atom is 0.221 e. The second-order valence-electron chi connectivity index (χ2n) is 4.97. The molecule has 2 rings (SSSR count). The predicted molar refractivity (Wildman–Crippen MR) is 70.2 cm³/mol. The molecule has 1 atom stereocenters. The normalized spacial score (nSPS) is 20.8. The van der Waals surface area contributed by atoms with E-state index in [1.54, 1.807) is 12.4 Å². The van der Waals surface area contributed by atoms with Crippen molar-refractivity contribution in [3.63, 3.8) is 0 Å². The molecule has 5 heteroatoms. The Bertz CT molecular complexity index is 363. The molecule has 2 N–H and O–H groups in total. The average Bonchev–Trinajstić information content (AvgIpc) is 2.85. The Balaban J connectivity index is 1.65. The fraction of sp³-hybridized carbons (Fsp3) is 0.692. The molecule has 1 aliphatic heterocycles. The number of hydrogen-bond acceptors (Lipinski definition) is 3. The zero-order chi connectivity index (χ0) is 12.8. The third-order valence-electron chi connectivity index (χ3n) is 3.58. The van der Waals surface area contributed by atoms with Crippen molar-refractivity contribution < 1.29 is 4.79 Å². The molecule has 2 heterocycles. The summed E-state index contributed by atoms with van der Waals surface area (Å²) in [6, 6.07) is 0.419. The summed E-state index contributed by atoms with van der Waals surface area (Å²) >= 11 is 0. The van der Waals surface area contributed by atoms with Gasteiger partial charge in [-0.25, -0.2) is 4.98 Å². The molecule has 1 aromatic rings. The number of hydrogen-bond donors (Lipinski definition) is 2. The smallest absolute Gasteiger partial charge is 0.221 e. The Labute approximate surface area is 108 Å². The number of carbonyl (C=O) groups excluding carboxylic acids is 1. The van der Waals surface area contributed by atoms with E-state index in [9.17, 15) is 4.79 Å². The topological polar surface area (TPSA) is 61.0 Å². The SMILES string of the molecule is CN1CCCCC1CC(=O)NCCc1ncc[nH]1. The van der Waals surface area contributed by atoms with E-state index in [2.05, 4.69) is 27.2 Å². The molecule has 0 bridgehead atoms. The van der Waals surface area contributed by atoms with Crippen LogP contribution in [0.15, 0.2) is 12.4 Å². The molecule has 0 aromatic carbocycles. The largest absolute Gasteiger partial charge is 0.356 e. The molecule has 0 spiro atoms. The van der Waals surface area contributed by atoms with Gasteiger partial charge < -0.3 is 15.2 Å². The van der Waals surface area contributed by atoms with Crippen LogP contribution >= 0.6 is 0 Å². The van der Waals surface area contributed by atoms with Crippen LogP contribution in [0.5, 0.6) is 0 Å². The number of imidazole rings is 1. The van der Waals surface area contributed by atoms with E-state index in [1.165, 1.54) is 12.8 Å². The van der Waals surface area contributed by atoms with E-state index >= 15 is 0 Å². The molecular formula is C13H22N4O. The molecule has 0 aliphatic carbocycles. The number of rotatable bonds is 5. The van der Waals surface area contributed by atoms with E-state index in [-0.39, 0.29) is 5.91 Å². The maximum atomic E-state index is 11.8. The first-order chi connectivity index (χ1) is 8.75. The molecular weight excluding hydrogens is 228 g/mol. The fourth-order valence-corrected chi connectivity index (χ4v) is 2.44. The first-order valence-electron chi connectivity index (χ1n) is 6.71. The summed E-state index contributed by atoms with van der Waals surface area (Å²) < 4.78 is 0. The quantitative estimate of drug-likeness (QED) is 0.817. The van der Waals surface area contributed by atoms with Crippen molar-refractivity contribution in [3.8, 4) is 0 Å². The molecule has 1 fully saturated rings. The van der Waals surface area contributed by atoms with Crippen LogP contribution in [-0.4, -0.2) is 47.0 Å². The monoisotopic (exact) mass is 250 g/mol. The van der Waals surface area contributed by atoms with Gasteiger partial charge in [0.2, 0.25) is 5.91 Å². The summed E-state index contributed by atoms with van der Waals surface area (Å²) in [5, 5.41) is 2.96. The molecule has 5 nitrogen and oxygen atoms in total. The van der Waals surface area contributed by atoms with Gasteiger partial charge in [-0.1, -0.05) is 6.42 Å². The number of nitrogens with zero attached hydrogens (tertiary/aromatic N) is 2. The minimum atomic E-state index is 0.153. The Kier molecular flexibility index (Phi) is 4.75. The van der Waals surface area contributed by atoms with Crippen molar-refractivity contribution in [2.24, 2.45) is 0 Å². The third kappa shape index (κ3) is 3.84. The Morgan fingerprint density at radius 3 is 3.22 bits per heavy atom. The van der Waals surface area contributed by atoms with E-state index in [0.29, 0.717) is 19.0 Å². The van der Waals surface area contributed by atoms with Crippen molar-refractivity contribution in [2.75, 3.05) is 20.1 Å². The Hall–Kier alpha value is -1.36. The van der Waals surface area contributed by atoms with E-state index < -0.39 is 0 Å². The van der Waals surface area contributed by atoms with Crippen LogP contribution in [-0.2, 0) is 11.2 Å². The molecule has 18 heavy (non-hydrogen) atoms. The summed E-state index contributed by atoms with van der Waals surface area (Å²) in [5.74, 6) is 1.07. The van der Waals surface area contributed by atoms with Gasteiger partial charge in [-0.2, -0.15) is 0 Å². The molecule has 1 aliphatic rings. The van der Waals surface area contributed by atoms with Crippen LogP contribution in [0.25, 0.3) is 0 Å². The summed E-state index contributed by atoms with van der Waals surface area (Å²) in [7, 11) is 2.11. The number of nitrogens with one attached hydrogen (secondary N) is 2. The molecule has 1 saturated heterocycles. The summed E-state index contributed by atoms with van der Waals surface area (Å²) in [6.45, 7) is 1.77. The number of H-pyrrole nitrogens is 1. The number of likely N-dealkylation sites (tertiary alicyclic amines) is 1. The molecule has 0 radical (unpaired) electrons. The molecule has 0 saturated carbocycles. The zero-order valence-corrected chi connectivity index (χ0v) is 11.0. The second-order valence-corrected chi connectivity index (χ2v) is 4.97. The van der Waals surface area contributed by atoms with Crippen molar-refractivity contribution in [1.82, 2.24) is 20.2 Å². The van der Waals surface area contributed by atoms with Crippen LogP contribution < -0.4 is 5.32 Å². The lowest BCUT2D eigenvalue weighted by molar-refractivity contribution is -0.122. The van der Waals surface area contributed by atoms with Gasteiger partial charge in [0.15, 0.2) is 0 Å². The number of amides is 1. The van der Waals surface area contributed by atoms with Crippen molar-refractivity contribution in [3.05, 3.63) is 18.2 Å². The number of piperidine rings is 1. The molecule has 1 aromatic heterocycles. The van der Waals surface area contributed by atoms with Crippen LogP contribution in [0.3, 0.4) is 0 Å². The van der Waals surface area contributed by atoms with Crippen molar-refractivity contribution in [2.45, 2.75) is 38.1 Å². The van der Waals surface area contributed by atoms with Gasteiger partial charge in [0.05, 0.1) is 0 Å². The van der Waals surface area contributed by atoms with Crippen LogP contribution in [0, 0.1) is 0 Å². The highest BCUT2D eigenvalue weighted by molar-refractivity contribution is 5.76. The Morgan fingerprint density at radius 1 is 1.61 bits per heavy atom. The lowest BCUT2D eigenvalue weighted by atomic mass is 10.00. The highest BCUT2D eigenvalue weighted by atomic mass is 16.1. The van der Waals surface area contributed by atoms with Crippen LogP contribution in [0.2, 0.25) is 0 Å². The fourth-order valence-electron chi connectivity index (χ4n) is 2.44. The van der Waals surface area contributed by atoms with Gasteiger partial charge in [0, 0.05) is 37.8 Å². The summed E-state index contributed by atoms with van der Waals surface area (Å²) in [4.78, 5) is 21.3. The van der Waals surface area contributed by atoms with Crippen molar-refractivity contribution in [1.29, 1.82) is 0 Å². The highest BCUT2D eigenvalue weighted by Crippen LogP contribution is 2.17. The van der Waals surface area contributed by atoms with Crippen LogP contribution in [0.1, 0.15) is 31.5 Å². The van der Waals surface area contributed by atoms with Crippen LogP contribution in [0.4, 0.5) is 0 Å². The van der Waals surface area contributed by atoms with E-state index in [4.69, 9.17) is 0 Å². The summed E-state index contributed by atoms with van der Waals surface area (Å²) in [6.07, 6.45) is 8.56. The van der Waals surface area contributed by atoms with Gasteiger partial charge in [-0.05, 0) is 26.4 Å². The second kappa shape index (κ2) is 6.54. The lowest BCUT2D eigenvalue weighted by Crippen LogP contribution is -2.40. The lowest BCUT2D eigenvalue weighted by Gasteiger charge is -2.31. The van der Waals surface area contributed by atoms with Gasteiger partial charge in [0.1, 0.15) is 5.82 Å². The van der Waals surface area contributed by atoms with E-state index in [1.807, 2.05) is 0 Å². The minimum Gasteiger partial charge on any atom is -0.356 e. The van der Waals surface area contributed by atoms with Gasteiger partial charge in [-0.15, -0.1) is 0 Å². The number of aromatic amines is 1. The third-order valence-corrected chi connectivity index (χ3v) is 3.58. The highest BCUT2D eigenvalue weighted by Gasteiger charge is 2.21. The average molecular weight is 250 g/mol. The van der Waals surface area contributed by atoms with Gasteiger partial charge in [-0.3, -0.25) is 4.79 Å². The minimum absolute atomic E-state index is 0.153. The Morgan fingerprint density at radius 2 is 2.50 bits per heavy atom. The number of carbonyl (C=O) groups is 1. The van der Waals surface area contributed by atoms with Crippen molar-refractivity contribution >= 4 is 5.91 Å². The number of aromatic nitrogens is 2. The van der Waals surface area contributed by atoms with Gasteiger partial charge in [0.25, 0.3) is 0 Å². The molecule has 1 amide bonds. The first-order valence-corrected chi connectivity index (χ1v) is 6.71. The first kappa shape index (κ1) is 13.1. The maximum absolute atomic E-state index is 11.8. The molecule has 1 unspecified atom stereocenters.